The fraction of sp³-hybridized carbons (Fsp3) is 0.200. The van der Waals surface area contributed by atoms with Gasteiger partial charge in [0.1, 0.15) is 5.82 Å². The molecule has 0 unspecified atom stereocenters. The molecule has 0 spiro atoms. The molecule has 0 saturated carbocycles. The van der Waals surface area contributed by atoms with E-state index in [9.17, 15) is 9.59 Å². The van der Waals surface area contributed by atoms with Gasteiger partial charge in [0.15, 0.2) is 0 Å². The Morgan fingerprint density at radius 3 is 2.42 bits per heavy atom. The largest absolute Gasteiger partial charge is 0.378 e. The van der Waals surface area contributed by atoms with E-state index >= 15 is 4.39 Å². The van der Waals surface area contributed by atoms with Crippen LogP contribution in [0.15, 0.2) is 54.6 Å². The Hall–Kier alpha value is -3.51. The van der Waals surface area contributed by atoms with E-state index in [1.807, 2.05) is 24.3 Å². The third kappa shape index (κ3) is 3.29. The molecule has 5 rings (SSSR count). The Bertz CT molecular complexity index is 1200. The smallest absolute Gasteiger partial charge is 0.254 e. The number of benzene rings is 3. The fourth-order valence-electron chi connectivity index (χ4n) is 4.44. The van der Waals surface area contributed by atoms with Crippen molar-refractivity contribution in [2.75, 3.05) is 26.3 Å². The van der Waals surface area contributed by atoms with Gasteiger partial charge in [0.25, 0.3) is 5.91 Å². The van der Waals surface area contributed by atoms with E-state index in [0.717, 1.165) is 5.56 Å². The maximum Gasteiger partial charge on any atom is 0.254 e. The standard InChI is InChI=1S/C25H21FN2O3/c26-23-19(15-4-2-1-3-5-15)14-21(24(27)29)20-12-16-6-7-17(13-18(16)22(20)23)25(30)28-8-10-31-11-9-28/h1-7,13-14H,8-12H2,(H2,27,29). The van der Waals surface area contributed by atoms with Gasteiger partial charge in [0.2, 0.25) is 5.91 Å². The Morgan fingerprint density at radius 2 is 1.71 bits per heavy atom. The van der Waals surface area contributed by atoms with Crippen molar-refractivity contribution >= 4 is 11.8 Å². The molecule has 0 aromatic heterocycles. The lowest BCUT2D eigenvalue weighted by Gasteiger charge is -2.27. The molecule has 6 heteroatoms. The van der Waals surface area contributed by atoms with Crippen molar-refractivity contribution in [1.29, 1.82) is 0 Å². The first-order valence-electron chi connectivity index (χ1n) is 10.3. The highest BCUT2D eigenvalue weighted by Gasteiger charge is 2.30. The van der Waals surface area contributed by atoms with Crippen LogP contribution in [0.1, 0.15) is 31.8 Å². The zero-order valence-corrected chi connectivity index (χ0v) is 16.9. The number of amides is 2. The molecule has 156 valence electrons. The zero-order valence-electron chi connectivity index (χ0n) is 16.9. The van der Waals surface area contributed by atoms with Crippen LogP contribution in [0.5, 0.6) is 0 Å². The Kier molecular flexibility index (Phi) is 4.79. The van der Waals surface area contributed by atoms with Crippen LogP contribution in [-0.2, 0) is 11.2 Å². The van der Waals surface area contributed by atoms with Gasteiger partial charge < -0.3 is 15.4 Å². The molecule has 2 N–H and O–H groups in total. The van der Waals surface area contributed by atoms with Gasteiger partial charge >= 0.3 is 0 Å². The average Bonchev–Trinajstić information content (AvgIpc) is 3.19. The lowest BCUT2D eigenvalue weighted by atomic mass is 9.92. The van der Waals surface area contributed by atoms with Crippen molar-refractivity contribution in [1.82, 2.24) is 4.90 Å². The molecule has 31 heavy (non-hydrogen) atoms. The number of carbonyl (C=O) groups is 2. The number of rotatable bonds is 3. The molecule has 2 amide bonds. The topological polar surface area (TPSA) is 72.6 Å². The normalized spacial score (nSPS) is 14.8. The summed E-state index contributed by atoms with van der Waals surface area (Å²) in [4.78, 5) is 26.9. The van der Waals surface area contributed by atoms with Crippen LogP contribution in [-0.4, -0.2) is 43.0 Å². The molecule has 1 aliphatic carbocycles. The van der Waals surface area contributed by atoms with Crippen molar-refractivity contribution in [2.45, 2.75) is 6.42 Å². The molecular weight excluding hydrogens is 395 g/mol. The van der Waals surface area contributed by atoms with Gasteiger partial charge in [-0.3, -0.25) is 9.59 Å². The molecule has 1 fully saturated rings. The van der Waals surface area contributed by atoms with E-state index in [2.05, 4.69) is 0 Å². The first-order chi connectivity index (χ1) is 15.0. The number of nitrogens with zero attached hydrogens (tertiary/aromatic N) is 1. The maximum atomic E-state index is 15.8. The van der Waals surface area contributed by atoms with E-state index < -0.39 is 11.7 Å². The quantitative estimate of drug-likeness (QED) is 0.554. The number of ether oxygens (including phenoxy) is 1. The van der Waals surface area contributed by atoms with E-state index in [-0.39, 0.29) is 5.91 Å². The highest BCUT2D eigenvalue weighted by Crippen LogP contribution is 2.44. The van der Waals surface area contributed by atoms with Gasteiger partial charge in [-0.25, -0.2) is 4.39 Å². The number of nitrogens with two attached hydrogens (primary N) is 1. The van der Waals surface area contributed by atoms with Crippen molar-refractivity contribution in [2.24, 2.45) is 5.73 Å². The van der Waals surface area contributed by atoms with Crippen LogP contribution in [0.3, 0.4) is 0 Å². The predicted molar refractivity (Wildman–Crippen MR) is 115 cm³/mol. The summed E-state index contributed by atoms with van der Waals surface area (Å²) < 4.78 is 21.1. The minimum Gasteiger partial charge on any atom is -0.378 e. The highest BCUT2D eigenvalue weighted by molar-refractivity contribution is 6.02. The number of hydrogen-bond acceptors (Lipinski definition) is 3. The summed E-state index contributed by atoms with van der Waals surface area (Å²) in [6.07, 6.45) is 0.404. The molecule has 0 atom stereocenters. The van der Waals surface area contributed by atoms with Crippen molar-refractivity contribution < 1.29 is 18.7 Å². The van der Waals surface area contributed by atoms with Crippen LogP contribution in [0.25, 0.3) is 22.3 Å². The third-order valence-corrected chi connectivity index (χ3v) is 6.01. The van der Waals surface area contributed by atoms with Crippen molar-refractivity contribution in [3.05, 3.63) is 82.7 Å². The van der Waals surface area contributed by atoms with Crippen molar-refractivity contribution in [3.8, 4) is 22.3 Å². The Morgan fingerprint density at radius 1 is 0.968 bits per heavy atom. The van der Waals surface area contributed by atoms with Crippen molar-refractivity contribution in [3.63, 3.8) is 0 Å². The third-order valence-electron chi connectivity index (χ3n) is 6.01. The molecule has 2 aliphatic rings. The maximum absolute atomic E-state index is 15.8. The minimum absolute atomic E-state index is 0.103. The molecular formula is C25H21FN2O3. The summed E-state index contributed by atoms with van der Waals surface area (Å²) in [6, 6.07) is 16.0. The van der Waals surface area contributed by atoms with E-state index in [1.54, 1.807) is 29.2 Å². The molecule has 1 saturated heterocycles. The number of fused-ring (bicyclic) bond motifs is 3. The molecule has 1 heterocycles. The van der Waals surface area contributed by atoms with Crippen LogP contribution in [0.4, 0.5) is 4.39 Å². The lowest BCUT2D eigenvalue weighted by molar-refractivity contribution is 0.0303. The van der Waals surface area contributed by atoms with Gasteiger partial charge in [-0.1, -0.05) is 36.4 Å². The van der Waals surface area contributed by atoms with Gasteiger partial charge in [-0.15, -0.1) is 0 Å². The summed E-state index contributed by atoms with van der Waals surface area (Å²) in [7, 11) is 0. The van der Waals surface area contributed by atoms with E-state index in [4.69, 9.17) is 10.5 Å². The highest BCUT2D eigenvalue weighted by atomic mass is 19.1. The second-order valence-electron chi connectivity index (χ2n) is 7.82. The van der Waals surface area contributed by atoms with Crippen LogP contribution in [0.2, 0.25) is 0 Å². The summed E-state index contributed by atoms with van der Waals surface area (Å²) >= 11 is 0. The Balaban J connectivity index is 1.66. The number of carbonyl (C=O) groups excluding carboxylic acids is 2. The van der Waals surface area contributed by atoms with Crippen LogP contribution < -0.4 is 5.73 Å². The van der Waals surface area contributed by atoms with Gasteiger partial charge in [-0.05, 0) is 46.9 Å². The van der Waals surface area contributed by atoms with Crippen LogP contribution >= 0.6 is 0 Å². The van der Waals surface area contributed by atoms with E-state index in [0.29, 0.717) is 71.7 Å². The summed E-state index contributed by atoms with van der Waals surface area (Å²) in [5.41, 5.74) is 9.93. The molecule has 3 aromatic carbocycles. The second-order valence-corrected chi connectivity index (χ2v) is 7.82. The lowest BCUT2D eigenvalue weighted by Crippen LogP contribution is -2.40. The summed E-state index contributed by atoms with van der Waals surface area (Å²) in [6.45, 7) is 2.09. The fourth-order valence-corrected chi connectivity index (χ4v) is 4.44. The van der Waals surface area contributed by atoms with Gasteiger partial charge in [0, 0.05) is 35.3 Å². The first-order valence-corrected chi connectivity index (χ1v) is 10.3. The first kappa shape index (κ1) is 19.5. The molecule has 0 radical (unpaired) electrons. The number of morpholine rings is 1. The van der Waals surface area contributed by atoms with Gasteiger partial charge in [0.05, 0.1) is 13.2 Å². The molecule has 3 aromatic rings. The van der Waals surface area contributed by atoms with E-state index in [1.165, 1.54) is 6.07 Å². The zero-order chi connectivity index (χ0) is 21.5. The summed E-state index contributed by atoms with van der Waals surface area (Å²) in [5, 5.41) is 0. The minimum atomic E-state index is -0.592. The molecule has 1 aliphatic heterocycles. The predicted octanol–water partition coefficient (Wildman–Crippen LogP) is 3.64. The number of primary amides is 1. The average molecular weight is 416 g/mol. The number of halogens is 1. The second kappa shape index (κ2) is 7.63. The SMILES string of the molecule is NC(=O)c1cc(-c2ccccc2)c(F)c2c1Cc1ccc(C(=O)N3CCOCC3)cc1-2. The van der Waals surface area contributed by atoms with Gasteiger partial charge in [-0.2, -0.15) is 0 Å². The monoisotopic (exact) mass is 416 g/mol. The number of hydrogen-bond donors (Lipinski definition) is 1. The molecule has 0 bridgehead atoms. The summed E-state index contributed by atoms with van der Waals surface area (Å²) in [5.74, 6) is -1.10. The van der Waals surface area contributed by atoms with Crippen LogP contribution in [0, 0.1) is 5.82 Å². The Labute approximate surface area is 179 Å². The molecule has 5 nitrogen and oxygen atoms in total.